The first-order valence-electron chi connectivity index (χ1n) is 10.0. The molecule has 4 rings (SSSR count). The Bertz CT molecular complexity index is 1510. The standard InChI is InChI=1S/C22H16F3N5O5S/c1-34-20-16(36(32,33)30-18-9-5-8-17(29-18)22(23,24)25)10-14(11-26-20)28-19(31)21-27-12-15(35-21)13-6-3-2-4-7-13/h2-12H,1H3,(H,28,31)(H,29,30). The molecule has 2 N–H and O–H groups in total. The van der Waals surface area contributed by atoms with Crippen LogP contribution in [0.3, 0.4) is 0 Å². The summed E-state index contributed by atoms with van der Waals surface area (Å²) in [6, 6.07) is 12.7. The molecule has 0 atom stereocenters. The fourth-order valence-electron chi connectivity index (χ4n) is 2.99. The van der Waals surface area contributed by atoms with Gasteiger partial charge in [0.05, 0.1) is 25.2 Å². The average molecular weight is 519 g/mol. The van der Waals surface area contributed by atoms with Crippen LogP contribution in [0.5, 0.6) is 5.88 Å². The van der Waals surface area contributed by atoms with E-state index in [2.05, 4.69) is 20.3 Å². The van der Waals surface area contributed by atoms with E-state index in [0.717, 1.165) is 31.5 Å². The van der Waals surface area contributed by atoms with Crippen LogP contribution in [0.4, 0.5) is 24.7 Å². The first kappa shape index (κ1) is 24.7. The van der Waals surface area contributed by atoms with E-state index in [1.165, 1.54) is 6.20 Å². The fourth-order valence-corrected chi connectivity index (χ4v) is 4.13. The summed E-state index contributed by atoms with van der Waals surface area (Å²) < 4.78 is 77.0. The minimum atomic E-state index is -4.77. The van der Waals surface area contributed by atoms with Crippen LogP contribution in [0.25, 0.3) is 11.3 Å². The zero-order valence-corrected chi connectivity index (χ0v) is 19.1. The molecule has 10 nitrogen and oxygen atoms in total. The maximum Gasteiger partial charge on any atom is 0.433 e. The number of methoxy groups -OCH3 is 1. The third-order valence-corrected chi connectivity index (χ3v) is 5.95. The molecule has 0 aliphatic rings. The zero-order chi connectivity index (χ0) is 25.9. The van der Waals surface area contributed by atoms with Gasteiger partial charge in [-0.25, -0.2) is 23.4 Å². The Morgan fingerprint density at radius 1 is 1.03 bits per heavy atom. The minimum Gasteiger partial charge on any atom is -0.480 e. The van der Waals surface area contributed by atoms with Crippen LogP contribution < -0.4 is 14.8 Å². The Morgan fingerprint density at radius 2 is 1.78 bits per heavy atom. The van der Waals surface area contributed by atoms with Crippen LogP contribution in [0.1, 0.15) is 16.4 Å². The molecule has 186 valence electrons. The Hall–Kier alpha value is -4.46. The van der Waals surface area contributed by atoms with Crippen molar-refractivity contribution in [1.82, 2.24) is 15.0 Å². The second-order valence-electron chi connectivity index (χ2n) is 7.09. The number of hydrogen-bond donors (Lipinski definition) is 2. The molecule has 0 saturated carbocycles. The van der Waals surface area contributed by atoms with E-state index >= 15 is 0 Å². The van der Waals surface area contributed by atoms with Gasteiger partial charge in [-0.05, 0) is 18.2 Å². The lowest BCUT2D eigenvalue weighted by Crippen LogP contribution is -2.18. The van der Waals surface area contributed by atoms with Gasteiger partial charge in [0.1, 0.15) is 11.5 Å². The van der Waals surface area contributed by atoms with E-state index in [1.54, 1.807) is 24.3 Å². The SMILES string of the molecule is COc1ncc(NC(=O)c2ncc(-c3ccccc3)o2)cc1S(=O)(=O)Nc1cccc(C(F)(F)F)n1. The van der Waals surface area contributed by atoms with Gasteiger partial charge in [0.15, 0.2) is 10.7 Å². The molecular formula is C22H16F3N5O5S. The Kier molecular flexibility index (Phi) is 6.61. The lowest BCUT2D eigenvalue weighted by molar-refractivity contribution is -0.141. The van der Waals surface area contributed by atoms with Crippen molar-refractivity contribution in [3.05, 3.63) is 78.6 Å². The maximum absolute atomic E-state index is 12.9. The van der Waals surface area contributed by atoms with Crippen LogP contribution >= 0.6 is 0 Å². The van der Waals surface area contributed by atoms with Crippen molar-refractivity contribution >= 4 is 27.4 Å². The number of halogens is 3. The Morgan fingerprint density at radius 3 is 2.47 bits per heavy atom. The molecule has 14 heteroatoms. The highest BCUT2D eigenvalue weighted by Crippen LogP contribution is 2.30. The van der Waals surface area contributed by atoms with Gasteiger partial charge in [-0.2, -0.15) is 13.2 Å². The molecule has 1 amide bonds. The Balaban J connectivity index is 1.58. The number of hydrogen-bond acceptors (Lipinski definition) is 8. The van der Waals surface area contributed by atoms with Gasteiger partial charge < -0.3 is 14.5 Å². The van der Waals surface area contributed by atoms with Gasteiger partial charge in [0.25, 0.3) is 15.9 Å². The molecule has 0 radical (unpaired) electrons. The molecule has 0 aliphatic carbocycles. The monoisotopic (exact) mass is 519 g/mol. The molecule has 0 unspecified atom stereocenters. The molecular weight excluding hydrogens is 503 g/mol. The smallest absolute Gasteiger partial charge is 0.433 e. The Labute approximate surface area is 202 Å². The van der Waals surface area contributed by atoms with Crippen molar-refractivity contribution in [1.29, 1.82) is 0 Å². The number of rotatable bonds is 7. The van der Waals surface area contributed by atoms with E-state index in [9.17, 15) is 26.4 Å². The van der Waals surface area contributed by atoms with Crippen LogP contribution in [0.15, 0.2) is 76.3 Å². The fraction of sp³-hybridized carbons (Fsp3) is 0.0909. The van der Waals surface area contributed by atoms with Gasteiger partial charge >= 0.3 is 12.1 Å². The third-order valence-electron chi connectivity index (χ3n) is 4.60. The summed E-state index contributed by atoms with van der Waals surface area (Å²) in [6.45, 7) is 0. The second kappa shape index (κ2) is 9.65. The summed E-state index contributed by atoms with van der Waals surface area (Å²) in [4.78, 5) is 23.1. The van der Waals surface area contributed by atoms with Crippen LogP contribution in [0, 0.1) is 0 Å². The van der Waals surface area contributed by atoms with E-state index < -0.39 is 38.5 Å². The van der Waals surface area contributed by atoms with Crippen molar-refractivity contribution in [3.63, 3.8) is 0 Å². The van der Waals surface area contributed by atoms with Crippen molar-refractivity contribution in [2.24, 2.45) is 0 Å². The summed E-state index contributed by atoms with van der Waals surface area (Å²) >= 11 is 0. The molecule has 36 heavy (non-hydrogen) atoms. The van der Waals surface area contributed by atoms with Gasteiger partial charge in [-0.3, -0.25) is 9.52 Å². The predicted octanol–water partition coefficient (Wildman–Crippen LogP) is 4.21. The highest BCUT2D eigenvalue weighted by molar-refractivity contribution is 7.92. The van der Waals surface area contributed by atoms with Gasteiger partial charge in [-0.15, -0.1) is 0 Å². The molecule has 0 aliphatic heterocycles. The van der Waals surface area contributed by atoms with E-state index in [1.807, 2.05) is 10.8 Å². The number of anilines is 2. The number of nitrogens with one attached hydrogen (secondary N) is 2. The summed E-state index contributed by atoms with van der Waals surface area (Å²) in [5.41, 5.74) is -0.662. The molecule has 0 spiro atoms. The summed E-state index contributed by atoms with van der Waals surface area (Å²) in [7, 11) is -3.38. The molecule has 4 aromatic rings. The molecule has 1 aromatic carbocycles. The van der Waals surface area contributed by atoms with E-state index in [0.29, 0.717) is 17.4 Å². The topological polar surface area (TPSA) is 136 Å². The number of nitrogens with zero attached hydrogens (tertiary/aromatic N) is 3. The number of carbonyl (C=O) groups is 1. The summed E-state index contributed by atoms with van der Waals surface area (Å²) in [5, 5.41) is 2.41. The minimum absolute atomic E-state index is 0.0716. The average Bonchev–Trinajstić information content (AvgIpc) is 3.35. The lowest BCUT2D eigenvalue weighted by atomic mass is 10.2. The van der Waals surface area contributed by atoms with E-state index in [-0.39, 0.29) is 17.5 Å². The van der Waals surface area contributed by atoms with Crippen LogP contribution in [-0.2, 0) is 16.2 Å². The normalized spacial score (nSPS) is 11.7. The van der Waals surface area contributed by atoms with Gasteiger partial charge in [0, 0.05) is 5.56 Å². The van der Waals surface area contributed by atoms with Crippen LogP contribution in [0.2, 0.25) is 0 Å². The number of sulfonamides is 1. The number of amides is 1. The van der Waals surface area contributed by atoms with Crippen molar-refractivity contribution in [2.75, 3.05) is 17.1 Å². The van der Waals surface area contributed by atoms with Crippen molar-refractivity contribution in [2.45, 2.75) is 11.1 Å². The molecule has 0 fully saturated rings. The number of ether oxygens (including phenoxy) is 1. The number of carbonyl (C=O) groups excluding carboxylic acids is 1. The summed E-state index contributed by atoms with van der Waals surface area (Å²) in [5.74, 6) is -1.68. The number of benzene rings is 1. The van der Waals surface area contributed by atoms with Gasteiger partial charge in [-0.1, -0.05) is 36.4 Å². The molecule has 3 heterocycles. The molecule has 3 aromatic heterocycles. The largest absolute Gasteiger partial charge is 0.480 e. The van der Waals surface area contributed by atoms with Crippen molar-refractivity contribution < 1.29 is 35.5 Å². The molecule has 0 bridgehead atoms. The highest BCUT2D eigenvalue weighted by atomic mass is 32.2. The number of oxazole rings is 1. The second-order valence-corrected chi connectivity index (χ2v) is 8.74. The van der Waals surface area contributed by atoms with Crippen LogP contribution in [-0.4, -0.2) is 36.4 Å². The van der Waals surface area contributed by atoms with E-state index in [4.69, 9.17) is 9.15 Å². The highest BCUT2D eigenvalue weighted by Gasteiger charge is 2.33. The quantitative estimate of drug-likeness (QED) is 0.371. The predicted molar refractivity (Wildman–Crippen MR) is 121 cm³/mol. The number of pyridine rings is 2. The van der Waals surface area contributed by atoms with Crippen molar-refractivity contribution in [3.8, 4) is 17.2 Å². The van der Waals surface area contributed by atoms with Gasteiger partial charge in [0.2, 0.25) is 5.88 Å². The first-order chi connectivity index (χ1) is 17.1. The lowest BCUT2D eigenvalue weighted by Gasteiger charge is -2.13. The first-order valence-corrected chi connectivity index (χ1v) is 11.5. The number of alkyl halides is 3. The number of aromatic nitrogens is 3. The maximum atomic E-state index is 12.9. The summed E-state index contributed by atoms with van der Waals surface area (Å²) in [6.07, 6.45) is -2.29. The third kappa shape index (κ3) is 5.43. The zero-order valence-electron chi connectivity index (χ0n) is 18.3. The molecule has 0 saturated heterocycles.